The Hall–Kier alpha value is -2.04. The van der Waals surface area contributed by atoms with Crippen molar-refractivity contribution < 1.29 is 13.3 Å². The van der Waals surface area contributed by atoms with E-state index in [1.54, 1.807) is 11.6 Å². The zero-order valence-corrected chi connectivity index (χ0v) is 14.3. The van der Waals surface area contributed by atoms with Crippen LogP contribution < -0.4 is 9.62 Å². The van der Waals surface area contributed by atoms with Gasteiger partial charge in [-0.2, -0.15) is 0 Å². The molecule has 128 valence electrons. The second kappa shape index (κ2) is 6.83. The number of nitro benzene ring substituents is 1. The standard InChI is InChI=1S/C14H16N4O4S2/c19-18(20)12-1-3-13(4-2-12)24(21,22)17(14-16-9-10-23-14)11-5-7-15-8-6-11/h1-4,9-11,15H,5-8H2. The molecule has 1 aliphatic heterocycles. The Labute approximate surface area is 143 Å². The van der Waals surface area contributed by atoms with E-state index in [0.717, 1.165) is 13.1 Å². The fraction of sp³-hybridized carbons (Fsp3) is 0.357. The number of benzene rings is 1. The van der Waals surface area contributed by atoms with Crippen LogP contribution in [-0.2, 0) is 10.0 Å². The Bertz CT molecular complexity index is 800. The third-order valence-electron chi connectivity index (χ3n) is 3.85. The summed E-state index contributed by atoms with van der Waals surface area (Å²) in [5, 5.41) is 16.1. The topological polar surface area (TPSA) is 105 Å². The first-order valence-electron chi connectivity index (χ1n) is 7.39. The van der Waals surface area contributed by atoms with E-state index in [2.05, 4.69) is 10.3 Å². The summed E-state index contributed by atoms with van der Waals surface area (Å²) in [6.07, 6.45) is 2.94. The summed E-state index contributed by atoms with van der Waals surface area (Å²) in [6.45, 7) is 1.48. The maximum Gasteiger partial charge on any atom is 0.269 e. The smallest absolute Gasteiger partial charge is 0.269 e. The molecule has 1 saturated heterocycles. The third-order valence-corrected chi connectivity index (χ3v) is 6.60. The molecular formula is C14H16N4O4S2. The highest BCUT2D eigenvalue weighted by Crippen LogP contribution is 2.31. The van der Waals surface area contributed by atoms with Gasteiger partial charge in [0, 0.05) is 23.7 Å². The Balaban J connectivity index is 2.00. The molecule has 0 amide bonds. The van der Waals surface area contributed by atoms with Gasteiger partial charge in [0.05, 0.1) is 15.9 Å². The molecule has 0 atom stereocenters. The van der Waals surface area contributed by atoms with Gasteiger partial charge in [-0.1, -0.05) is 0 Å². The lowest BCUT2D eigenvalue weighted by atomic mass is 10.1. The van der Waals surface area contributed by atoms with Crippen molar-refractivity contribution in [2.75, 3.05) is 17.4 Å². The fourth-order valence-corrected chi connectivity index (χ4v) is 5.28. The van der Waals surface area contributed by atoms with Gasteiger partial charge < -0.3 is 5.32 Å². The van der Waals surface area contributed by atoms with Gasteiger partial charge >= 0.3 is 0 Å². The van der Waals surface area contributed by atoms with Crippen LogP contribution in [0.2, 0.25) is 0 Å². The van der Waals surface area contributed by atoms with Gasteiger partial charge in [-0.15, -0.1) is 11.3 Å². The van der Waals surface area contributed by atoms with Crippen molar-refractivity contribution in [2.45, 2.75) is 23.8 Å². The van der Waals surface area contributed by atoms with Crippen molar-refractivity contribution >= 4 is 32.2 Å². The first kappa shape index (κ1) is 16.8. The van der Waals surface area contributed by atoms with E-state index < -0.39 is 14.9 Å². The number of piperidine rings is 1. The highest BCUT2D eigenvalue weighted by Gasteiger charge is 2.34. The lowest BCUT2D eigenvalue weighted by Crippen LogP contribution is -2.46. The van der Waals surface area contributed by atoms with Crippen molar-refractivity contribution in [3.05, 3.63) is 46.0 Å². The molecule has 10 heteroatoms. The van der Waals surface area contributed by atoms with Gasteiger partial charge in [0.1, 0.15) is 0 Å². The Morgan fingerprint density at radius 2 is 1.92 bits per heavy atom. The molecule has 0 radical (unpaired) electrons. The number of nitro groups is 1. The summed E-state index contributed by atoms with van der Waals surface area (Å²) < 4.78 is 27.6. The predicted molar refractivity (Wildman–Crippen MR) is 90.8 cm³/mol. The van der Waals surface area contributed by atoms with E-state index in [0.29, 0.717) is 18.0 Å². The number of thiazole rings is 1. The second-order valence-corrected chi connectivity index (χ2v) is 8.04. The number of nitrogens with zero attached hydrogens (tertiary/aromatic N) is 3. The molecule has 2 aromatic rings. The summed E-state index contributed by atoms with van der Waals surface area (Å²) in [4.78, 5) is 14.4. The molecule has 2 heterocycles. The van der Waals surface area contributed by atoms with Crippen molar-refractivity contribution in [1.29, 1.82) is 0 Å². The molecule has 3 rings (SSSR count). The number of nitrogens with one attached hydrogen (secondary N) is 1. The molecule has 0 spiro atoms. The molecule has 24 heavy (non-hydrogen) atoms. The fourth-order valence-electron chi connectivity index (χ4n) is 2.67. The SMILES string of the molecule is O=[N+]([O-])c1ccc(S(=O)(=O)N(c2nccs2)C2CCNCC2)cc1. The van der Waals surface area contributed by atoms with E-state index in [9.17, 15) is 18.5 Å². The van der Waals surface area contributed by atoms with Crippen LogP contribution in [0.3, 0.4) is 0 Å². The maximum atomic E-state index is 13.1. The maximum absolute atomic E-state index is 13.1. The number of aromatic nitrogens is 1. The van der Waals surface area contributed by atoms with E-state index in [1.807, 2.05) is 0 Å². The molecule has 1 aromatic heterocycles. The molecule has 1 aromatic carbocycles. The first-order chi connectivity index (χ1) is 11.5. The van der Waals surface area contributed by atoms with Crippen molar-refractivity contribution in [3.8, 4) is 0 Å². The summed E-state index contributed by atoms with van der Waals surface area (Å²) in [7, 11) is -3.84. The molecule has 0 aliphatic carbocycles. The van der Waals surface area contributed by atoms with E-state index in [4.69, 9.17) is 0 Å². The van der Waals surface area contributed by atoms with E-state index >= 15 is 0 Å². The first-order valence-corrected chi connectivity index (χ1v) is 9.71. The Kier molecular flexibility index (Phi) is 4.78. The highest BCUT2D eigenvalue weighted by atomic mass is 32.2. The summed E-state index contributed by atoms with van der Waals surface area (Å²) >= 11 is 1.26. The molecule has 0 saturated carbocycles. The van der Waals surface area contributed by atoms with Gasteiger partial charge in [0.25, 0.3) is 15.7 Å². The van der Waals surface area contributed by atoms with Crippen LogP contribution in [0.15, 0.2) is 40.7 Å². The Morgan fingerprint density at radius 1 is 1.25 bits per heavy atom. The average Bonchev–Trinajstić information content (AvgIpc) is 3.10. The van der Waals surface area contributed by atoms with Crippen LogP contribution in [0.4, 0.5) is 10.8 Å². The molecular weight excluding hydrogens is 352 g/mol. The minimum Gasteiger partial charge on any atom is -0.317 e. The van der Waals surface area contributed by atoms with Gasteiger partial charge in [-0.05, 0) is 38.1 Å². The van der Waals surface area contributed by atoms with Gasteiger partial charge in [0.2, 0.25) is 0 Å². The van der Waals surface area contributed by atoms with Crippen molar-refractivity contribution in [3.63, 3.8) is 0 Å². The molecule has 1 N–H and O–H groups in total. The minimum atomic E-state index is -3.84. The van der Waals surface area contributed by atoms with Crippen LogP contribution in [0.25, 0.3) is 0 Å². The lowest BCUT2D eigenvalue weighted by Gasteiger charge is -2.33. The predicted octanol–water partition coefficient (Wildman–Crippen LogP) is 2.00. The van der Waals surface area contributed by atoms with Gasteiger partial charge in [-0.3, -0.25) is 10.1 Å². The molecule has 0 bridgehead atoms. The normalized spacial score (nSPS) is 16.0. The van der Waals surface area contributed by atoms with Gasteiger partial charge in [-0.25, -0.2) is 17.7 Å². The third kappa shape index (κ3) is 3.25. The molecule has 1 fully saturated rings. The minimum absolute atomic E-state index is 0.0295. The largest absolute Gasteiger partial charge is 0.317 e. The zero-order chi connectivity index (χ0) is 17.2. The molecule has 1 aliphatic rings. The number of hydrogen-bond donors (Lipinski definition) is 1. The Morgan fingerprint density at radius 3 is 2.46 bits per heavy atom. The number of hydrogen-bond acceptors (Lipinski definition) is 7. The van der Waals surface area contributed by atoms with Crippen LogP contribution in [0.1, 0.15) is 12.8 Å². The van der Waals surface area contributed by atoms with Crippen molar-refractivity contribution in [2.24, 2.45) is 0 Å². The number of anilines is 1. The lowest BCUT2D eigenvalue weighted by molar-refractivity contribution is -0.384. The molecule has 0 unspecified atom stereocenters. The summed E-state index contributed by atoms with van der Waals surface area (Å²) in [5.41, 5.74) is -0.142. The monoisotopic (exact) mass is 368 g/mol. The van der Waals surface area contributed by atoms with Crippen LogP contribution in [0, 0.1) is 10.1 Å². The zero-order valence-electron chi connectivity index (χ0n) is 12.7. The average molecular weight is 368 g/mol. The summed E-state index contributed by atoms with van der Waals surface area (Å²) in [6, 6.07) is 4.77. The summed E-state index contributed by atoms with van der Waals surface area (Å²) in [5.74, 6) is 0. The quantitative estimate of drug-likeness (QED) is 0.639. The van der Waals surface area contributed by atoms with Crippen LogP contribution in [0.5, 0.6) is 0 Å². The van der Waals surface area contributed by atoms with Crippen molar-refractivity contribution in [1.82, 2.24) is 10.3 Å². The number of sulfonamides is 1. The van der Waals surface area contributed by atoms with E-state index in [1.165, 1.54) is 39.9 Å². The van der Waals surface area contributed by atoms with Gasteiger partial charge in [0.15, 0.2) is 5.13 Å². The van der Waals surface area contributed by atoms with Crippen LogP contribution >= 0.6 is 11.3 Å². The highest BCUT2D eigenvalue weighted by molar-refractivity contribution is 7.93. The second-order valence-electron chi connectivity index (χ2n) is 5.35. The molecule has 8 nitrogen and oxygen atoms in total. The van der Waals surface area contributed by atoms with E-state index in [-0.39, 0.29) is 16.6 Å². The number of non-ortho nitro benzene ring substituents is 1. The van der Waals surface area contributed by atoms with Crippen LogP contribution in [-0.4, -0.2) is 37.5 Å². The number of rotatable bonds is 5.